The van der Waals surface area contributed by atoms with Gasteiger partial charge in [0.25, 0.3) is 15.7 Å². The molecule has 0 aliphatic carbocycles. The van der Waals surface area contributed by atoms with E-state index < -0.39 is 25.7 Å². The number of likely N-dealkylation sites (N-methyl/N-ethyl adjacent to an activating group) is 1. The Balaban J connectivity index is 0.000000407. The zero-order valence-corrected chi connectivity index (χ0v) is 31.0. The SMILES string of the molecule is CCc1c2nc(-c3cc(S(=O)(=O)N4CCN(CC)CC4)cnc3OCCOC)[nH]c(=O)c2nn1Cc1ccccn1.Cc1ccc(S(=O)(=O)O)cc1. The van der Waals surface area contributed by atoms with Gasteiger partial charge in [0.1, 0.15) is 22.8 Å². The maximum atomic E-state index is 13.6. The van der Waals surface area contributed by atoms with Gasteiger partial charge in [0, 0.05) is 39.5 Å². The number of aryl methyl sites for hydroxylation is 2. The Bertz CT molecular complexity index is 2250. The van der Waals surface area contributed by atoms with E-state index in [1.165, 1.54) is 28.7 Å². The number of hydrogen-bond acceptors (Lipinski definition) is 12. The van der Waals surface area contributed by atoms with Crippen molar-refractivity contribution in [2.75, 3.05) is 53.0 Å². The summed E-state index contributed by atoms with van der Waals surface area (Å²) in [5, 5.41) is 4.53. The van der Waals surface area contributed by atoms with Crippen LogP contribution in [0.15, 0.2) is 75.5 Å². The number of H-pyrrole nitrogens is 1. The van der Waals surface area contributed by atoms with Gasteiger partial charge < -0.3 is 19.4 Å². The molecule has 0 bridgehead atoms. The Morgan fingerprint density at radius 3 is 2.27 bits per heavy atom. The average molecular weight is 755 g/mol. The highest BCUT2D eigenvalue weighted by Gasteiger charge is 2.30. The van der Waals surface area contributed by atoms with Gasteiger partial charge in [-0.3, -0.25) is 19.0 Å². The molecule has 18 heteroatoms. The molecule has 1 aromatic carbocycles. The third-order valence-electron chi connectivity index (χ3n) is 8.42. The van der Waals surface area contributed by atoms with Crippen LogP contribution in [0.1, 0.15) is 30.8 Å². The van der Waals surface area contributed by atoms with Crippen molar-refractivity contribution in [3.8, 4) is 17.3 Å². The zero-order chi connectivity index (χ0) is 37.5. The molecule has 5 aromatic rings. The zero-order valence-electron chi connectivity index (χ0n) is 29.4. The van der Waals surface area contributed by atoms with Crippen LogP contribution in [0.3, 0.4) is 0 Å². The van der Waals surface area contributed by atoms with E-state index in [2.05, 4.69) is 31.9 Å². The molecular formula is C34H42N8O8S2. The first-order chi connectivity index (χ1) is 24.8. The van der Waals surface area contributed by atoms with Gasteiger partial charge in [-0.2, -0.15) is 17.8 Å². The number of ether oxygens (including phenoxy) is 2. The summed E-state index contributed by atoms with van der Waals surface area (Å²) in [4.78, 5) is 31.7. The van der Waals surface area contributed by atoms with Crippen molar-refractivity contribution in [1.29, 1.82) is 0 Å². The van der Waals surface area contributed by atoms with Crippen molar-refractivity contribution in [2.45, 2.75) is 43.5 Å². The number of benzene rings is 1. The average Bonchev–Trinajstić information content (AvgIpc) is 3.49. The van der Waals surface area contributed by atoms with Gasteiger partial charge in [-0.25, -0.2) is 18.4 Å². The number of pyridine rings is 2. The van der Waals surface area contributed by atoms with Crippen LogP contribution < -0.4 is 10.3 Å². The lowest BCUT2D eigenvalue weighted by molar-refractivity contribution is 0.144. The number of nitrogens with one attached hydrogen (secondary N) is 1. The Morgan fingerprint density at radius 2 is 1.65 bits per heavy atom. The summed E-state index contributed by atoms with van der Waals surface area (Å²) in [5.74, 6) is 0.278. The van der Waals surface area contributed by atoms with Crippen molar-refractivity contribution < 1.29 is 30.9 Å². The molecule has 6 rings (SSSR count). The van der Waals surface area contributed by atoms with Gasteiger partial charge in [0.2, 0.25) is 15.9 Å². The number of nitrogens with zero attached hydrogens (tertiary/aromatic N) is 7. The summed E-state index contributed by atoms with van der Waals surface area (Å²) >= 11 is 0. The van der Waals surface area contributed by atoms with Crippen LogP contribution in [0.5, 0.6) is 5.88 Å². The lowest BCUT2D eigenvalue weighted by atomic mass is 10.2. The quantitative estimate of drug-likeness (QED) is 0.139. The molecule has 0 atom stereocenters. The molecule has 0 saturated carbocycles. The molecule has 1 saturated heterocycles. The van der Waals surface area contributed by atoms with Crippen molar-refractivity contribution in [3.05, 3.63) is 88.2 Å². The second-order valence-corrected chi connectivity index (χ2v) is 15.2. The minimum Gasteiger partial charge on any atom is -0.475 e. The standard InChI is InChI=1S/C27H34N8O5S.C7H8O3S/c1-4-22-23-24(32-35(22)18-19-8-6-7-9-28-19)26(36)31-25(30-23)21-16-20(17-29-27(21)40-15-14-39-3)41(37,38)34-12-10-33(5-2)11-13-34;1-6-2-4-7(5-3-6)11(8,9)10/h6-9,16-17H,4-5,10-15,18H2,1-3H3,(H,30,31,36);2-5H,1H3,(H,8,9,10). The number of aromatic amines is 1. The summed E-state index contributed by atoms with van der Waals surface area (Å²) in [6.07, 6.45) is 3.55. The molecule has 1 aliphatic rings. The predicted octanol–water partition coefficient (Wildman–Crippen LogP) is 2.78. The number of piperazine rings is 1. The van der Waals surface area contributed by atoms with Crippen LogP contribution in [0.4, 0.5) is 0 Å². The van der Waals surface area contributed by atoms with Gasteiger partial charge in [-0.15, -0.1) is 0 Å². The third kappa shape index (κ3) is 9.06. The van der Waals surface area contributed by atoms with E-state index in [0.29, 0.717) is 51.3 Å². The molecule has 0 radical (unpaired) electrons. The highest BCUT2D eigenvalue weighted by Crippen LogP contribution is 2.30. The van der Waals surface area contributed by atoms with E-state index in [1.54, 1.807) is 30.1 Å². The second kappa shape index (κ2) is 16.8. The van der Waals surface area contributed by atoms with Crippen molar-refractivity contribution in [2.24, 2.45) is 0 Å². The maximum absolute atomic E-state index is 13.6. The first-order valence-electron chi connectivity index (χ1n) is 16.6. The van der Waals surface area contributed by atoms with Gasteiger partial charge in [-0.1, -0.05) is 37.6 Å². The van der Waals surface area contributed by atoms with E-state index >= 15 is 0 Å². The van der Waals surface area contributed by atoms with E-state index in [0.717, 1.165) is 23.5 Å². The molecule has 52 heavy (non-hydrogen) atoms. The first-order valence-corrected chi connectivity index (χ1v) is 19.5. The number of aromatic nitrogens is 6. The molecule has 1 aliphatic heterocycles. The minimum absolute atomic E-state index is 0.000785. The fraction of sp³-hybridized carbons (Fsp3) is 0.382. The Hall–Kier alpha value is -4.59. The molecule has 278 valence electrons. The molecule has 0 spiro atoms. The van der Waals surface area contributed by atoms with Crippen molar-refractivity contribution in [1.82, 2.24) is 38.9 Å². The van der Waals surface area contributed by atoms with E-state index in [9.17, 15) is 21.6 Å². The molecule has 16 nitrogen and oxygen atoms in total. The lowest BCUT2D eigenvalue weighted by Crippen LogP contribution is -2.48. The number of rotatable bonds is 12. The van der Waals surface area contributed by atoms with Crippen LogP contribution in [-0.4, -0.2) is 113 Å². The fourth-order valence-electron chi connectivity index (χ4n) is 5.54. The van der Waals surface area contributed by atoms with E-state index in [4.69, 9.17) is 19.0 Å². The van der Waals surface area contributed by atoms with Gasteiger partial charge >= 0.3 is 0 Å². The number of hydrogen-bond donors (Lipinski definition) is 2. The predicted molar refractivity (Wildman–Crippen MR) is 193 cm³/mol. The summed E-state index contributed by atoms with van der Waals surface area (Å²) in [6, 6.07) is 13.1. The highest BCUT2D eigenvalue weighted by atomic mass is 32.2. The van der Waals surface area contributed by atoms with Gasteiger partial charge in [0.05, 0.1) is 41.2 Å². The summed E-state index contributed by atoms with van der Waals surface area (Å²) in [7, 11) is -6.31. The Morgan fingerprint density at radius 1 is 0.923 bits per heavy atom. The summed E-state index contributed by atoms with van der Waals surface area (Å²) < 4.78 is 70.8. The van der Waals surface area contributed by atoms with Crippen molar-refractivity contribution >= 4 is 31.2 Å². The smallest absolute Gasteiger partial charge is 0.294 e. The second-order valence-electron chi connectivity index (χ2n) is 11.9. The molecular weight excluding hydrogens is 713 g/mol. The van der Waals surface area contributed by atoms with Crippen molar-refractivity contribution in [3.63, 3.8) is 0 Å². The Kier molecular flexibility index (Phi) is 12.5. The fourth-order valence-corrected chi connectivity index (χ4v) is 7.42. The molecule has 0 unspecified atom stereocenters. The number of fused-ring (bicyclic) bond motifs is 1. The largest absolute Gasteiger partial charge is 0.475 e. The van der Waals surface area contributed by atoms with Gasteiger partial charge in [-0.05, 0) is 50.2 Å². The molecule has 1 fully saturated rings. The normalized spacial score (nSPS) is 14.2. The third-order valence-corrected chi connectivity index (χ3v) is 11.1. The maximum Gasteiger partial charge on any atom is 0.294 e. The molecule has 4 aromatic heterocycles. The van der Waals surface area contributed by atoms with Crippen LogP contribution >= 0.6 is 0 Å². The molecule has 2 N–H and O–H groups in total. The van der Waals surface area contributed by atoms with Crippen LogP contribution in [0.2, 0.25) is 0 Å². The number of methoxy groups -OCH3 is 1. The van der Waals surface area contributed by atoms with Crippen LogP contribution in [0, 0.1) is 6.92 Å². The first kappa shape index (κ1) is 38.6. The topological polar surface area (TPSA) is 203 Å². The number of sulfonamides is 1. The van der Waals surface area contributed by atoms with Gasteiger partial charge in [0.15, 0.2) is 5.52 Å². The summed E-state index contributed by atoms with van der Waals surface area (Å²) in [5.41, 5.74) is 2.92. The monoisotopic (exact) mass is 754 g/mol. The van der Waals surface area contributed by atoms with E-state index in [-0.39, 0.29) is 39.2 Å². The van der Waals surface area contributed by atoms with E-state index in [1.807, 2.05) is 32.0 Å². The Labute approximate surface area is 302 Å². The highest BCUT2D eigenvalue weighted by molar-refractivity contribution is 7.89. The molecule has 0 amide bonds. The van der Waals surface area contributed by atoms with Crippen LogP contribution in [-0.2, 0) is 37.8 Å². The van der Waals surface area contributed by atoms with Crippen LogP contribution in [0.25, 0.3) is 22.4 Å². The summed E-state index contributed by atoms with van der Waals surface area (Å²) in [6.45, 7) is 9.65. The minimum atomic E-state index is -4.02. The molecule has 5 heterocycles. The lowest BCUT2D eigenvalue weighted by Gasteiger charge is -2.33.